The van der Waals surface area contributed by atoms with Crippen molar-refractivity contribution in [2.24, 2.45) is 0 Å². The summed E-state index contributed by atoms with van der Waals surface area (Å²) >= 11 is 0. The summed E-state index contributed by atoms with van der Waals surface area (Å²) in [4.78, 5) is 28.4. The number of amides is 1. The van der Waals surface area contributed by atoms with E-state index in [0.717, 1.165) is 17.7 Å². The van der Waals surface area contributed by atoms with Crippen molar-refractivity contribution < 1.29 is 9.59 Å². The Morgan fingerprint density at radius 2 is 1.86 bits per heavy atom. The van der Waals surface area contributed by atoms with Crippen molar-refractivity contribution in [3.05, 3.63) is 34.9 Å². The predicted molar refractivity (Wildman–Crippen MR) is 83.5 cm³/mol. The molecule has 1 aromatic carbocycles. The molecule has 21 heavy (non-hydrogen) atoms. The summed E-state index contributed by atoms with van der Waals surface area (Å²) in [6, 6.07) is 5.78. The Morgan fingerprint density at radius 1 is 1.19 bits per heavy atom. The molecule has 1 fully saturated rings. The molecule has 4 nitrogen and oxygen atoms in total. The highest BCUT2D eigenvalue weighted by atomic mass is 16.2. The molecule has 4 heteroatoms. The highest BCUT2D eigenvalue weighted by Gasteiger charge is 2.41. The van der Waals surface area contributed by atoms with Gasteiger partial charge in [0.1, 0.15) is 0 Å². The zero-order valence-electron chi connectivity index (χ0n) is 13.6. The van der Waals surface area contributed by atoms with Crippen molar-refractivity contribution in [2.45, 2.75) is 33.2 Å². The number of carbonyl (C=O) groups is 2. The minimum absolute atomic E-state index is 0.0710. The summed E-state index contributed by atoms with van der Waals surface area (Å²) in [5.74, 6) is 0.144. The number of Topliss-reactive ketones (excluding diaryl/α,β-unsaturated/α-hetero) is 1. The molecule has 2 rings (SSSR count). The highest BCUT2D eigenvalue weighted by molar-refractivity contribution is 5.98. The maximum absolute atomic E-state index is 12.5. The first-order valence-electron chi connectivity index (χ1n) is 7.34. The molecule has 0 aliphatic carbocycles. The SMILES string of the molecule is Cc1ccc(C(=O)CN2CCN(C)C(=O)C2(C)C)cc1C. The predicted octanol–water partition coefficient (Wildman–Crippen LogP) is 2.04. The monoisotopic (exact) mass is 288 g/mol. The molecule has 0 radical (unpaired) electrons. The lowest BCUT2D eigenvalue weighted by Gasteiger charge is -2.44. The third kappa shape index (κ3) is 3.00. The van der Waals surface area contributed by atoms with Gasteiger partial charge in [0, 0.05) is 25.7 Å². The molecular weight excluding hydrogens is 264 g/mol. The third-order valence-corrected chi connectivity index (χ3v) is 4.53. The normalized spacial score (nSPS) is 18.9. The second-order valence-electron chi connectivity index (χ2n) is 6.43. The molecule has 0 saturated carbocycles. The summed E-state index contributed by atoms with van der Waals surface area (Å²) in [6.07, 6.45) is 0. The fourth-order valence-corrected chi connectivity index (χ4v) is 2.71. The van der Waals surface area contributed by atoms with E-state index in [1.165, 1.54) is 5.56 Å². The molecule has 1 heterocycles. The van der Waals surface area contributed by atoms with Crippen molar-refractivity contribution in [3.8, 4) is 0 Å². The summed E-state index contributed by atoms with van der Waals surface area (Å²) < 4.78 is 0. The van der Waals surface area contributed by atoms with E-state index in [9.17, 15) is 9.59 Å². The van der Waals surface area contributed by atoms with Crippen LogP contribution in [0.25, 0.3) is 0 Å². The number of rotatable bonds is 3. The maximum atomic E-state index is 12.5. The highest BCUT2D eigenvalue weighted by Crippen LogP contribution is 2.22. The minimum Gasteiger partial charge on any atom is -0.343 e. The molecule has 0 atom stereocenters. The van der Waals surface area contributed by atoms with Gasteiger partial charge in [0.25, 0.3) is 0 Å². The lowest BCUT2D eigenvalue weighted by Crippen LogP contribution is -2.62. The van der Waals surface area contributed by atoms with Crippen LogP contribution in [0, 0.1) is 13.8 Å². The second kappa shape index (κ2) is 5.60. The summed E-state index contributed by atoms with van der Waals surface area (Å²) in [7, 11) is 1.81. The Kier molecular flexibility index (Phi) is 4.19. The Labute approximate surface area is 126 Å². The first-order chi connectivity index (χ1) is 9.73. The van der Waals surface area contributed by atoms with Gasteiger partial charge in [0.15, 0.2) is 5.78 Å². The molecular formula is C17H24N2O2. The molecule has 0 bridgehead atoms. The van der Waals surface area contributed by atoms with Crippen LogP contribution in [0.2, 0.25) is 0 Å². The van der Waals surface area contributed by atoms with E-state index in [2.05, 4.69) is 0 Å². The van der Waals surface area contributed by atoms with Gasteiger partial charge >= 0.3 is 0 Å². The van der Waals surface area contributed by atoms with Gasteiger partial charge < -0.3 is 4.90 Å². The largest absolute Gasteiger partial charge is 0.343 e. The summed E-state index contributed by atoms with van der Waals surface area (Å²) in [6.45, 7) is 9.50. The topological polar surface area (TPSA) is 40.6 Å². The lowest BCUT2D eigenvalue weighted by molar-refractivity contribution is -0.146. The molecule has 114 valence electrons. The summed E-state index contributed by atoms with van der Waals surface area (Å²) in [5.41, 5.74) is 2.40. The molecule has 0 N–H and O–H groups in total. The van der Waals surface area contributed by atoms with Crippen LogP contribution < -0.4 is 0 Å². The standard InChI is InChI=1S/C17H24N2O2/c1-12-6-7-14(10-13(12)2)15(20)11-19-9-8-18(5)16(21)17(19,3)4/h6-7,10H,8-9,11H2,1-5H3. The third-order valence-electron chi connectivity index (χ3n) is 4.53. The average Bonchev–Trinajstić information content (AvgIpc) is 2.43. The second-order valence-corrected chi connectivity index (χ2v) is 6.43. The van der Waals surface area contributed by atoms with Crippen LogP contribution in [0.1, 0.15) is 35.3 Å². The van der Waals surface area contributed by atoms with Gasteiger partial charge in [-0.05, 0) is 44.9 Å². The molecule has 0 aromatic heterocycles. The summed E-state index contributed by atoms with van der Waals surface area (Å²) in [5, 5.41) is 0. The molecule has 1 aliphatic heterocycles. The van der Waals surface area contributed by atoms with Gasteiger partial charge in [-0.25, -0.2) is 0 Å². The number of aryl methyl sites for hydroxylation is 2. The minimum atomic E-state index is -0.623. The Balaban J connectivity index is 2.15. The van der Waals surface area contributed by atoms with E-state index in [1.807, 2.05) is 57.8 Å². The average molecular weight is 288 g/mol. The van der Waals surface area contributed by atoms with E-state index >= 15 is 0 Å². The van der Waals surface area contributed by atoms with E-state index in [0.29, 0.717) is 6.54 Å². The van der Waals surface area contributed by atoms with E-state index in [4.69, 9.17) is 0 Å². The number of hydrogen-bond donors (Lipinski definition) is 0. The van der Waals surface area contributed by atoms with Crippen LogP contribution in [0.5, 0.6) is 0 Å². The van der Waals surface area contributed by atoms with Crippen LogP contribution in [-0.2, 0) is 4.79 Å². The number of likely N-dealkylation sites (N-methyl/N-ethyl adjacent to an activating group) is 1. The first-order valence-corrected chi connectivity index (χ1v) is 7.34. The van der Waals surface area contributed by atoms with Crippen LogP contribution in [0.4, 0.5) is 0 Å². The van der Waals surface area contributed by atoms with E-state index in [1.54, 1.807) is 4.90 Å². The quantitative estimate of drug-likeness (QED) is 0.799. The number of nitrogens with zero attached hydrogens (tertiary/aromatic N) is 2. The smallest absolute Gasteiger partial charge is 0.242 e. The van der Waals surface area contributed by atoms with Crippen LogP contribution >= 0.6 is 0 Å². The van der Waals surface area contributed by atoms with Crippen LogP contribution in [0.15, 0.2) is 18.2 Å². The Hall–Kier alpha value is -1.68. The molecule has 1 saturated heterocycles. The van der Waals surface area contributed by atoms with Crippen molar-refractivity contribution in [2.75, 3.05) is 26.7 Å². The van der Waals surface area contributed by atoms with Gasteiger partial charge in [-0.15, -0.1) is 0 Å². The van der Waals surface area contributed by atoms with Gasteiger partial charge in [-0.1, -0.05) is 12.1 Å². The number of hydrogen-bond acceptors (Lipinski definition) is 3. The first kappa shape index (κ1) is 15.7. The zero-order valence-corrected chi connectivity index (χ0v) is 13.6. The molecule has 1 aromatic rings. The number of carbonyl (C=O) groups excluding carboxylic acids is 2. The zero-order chi connectivity index (χ0) is 15.8. The molecule has 1 aliphatic rings. The number of piperazine rings is 1. The Morgan fingerprint density at radius 3 is 2.48 bits per heavy atom. The van der Waals surface area contributed by atoms with Crippen molar-refractivity contribution >= 4 is 11.7 Å². The van der Waals surface area contributed by atoms with Crippen molar-refractivity contribution in [3.63, 3.8) is 0 Å². The fraction of sp³-hybridized carbons (Fsp3) is 0.529. The number of ketones is 1. The van der Waals surface area contributed by atoms with Crippen LogP contribution in [-0.4, -0.2) is 53.7 Å². The van der Waals surface area contributed by atoms with Gasteiger partial charge in [-0.2, -0.15) is 0 Å². The van der Waals surface area contributed by atoms with Crippen molar-refractivity contribution in [1.29, 1.82) is 0 Å². The van der Waals surface area contributed by atoms with E-state index < -0.39 is 5.54 Å². The van der Waals surface area contributed by atoms with Gasteiger partial charge in [-0.3, -0.25) is 14.5 Å². The molecule has 0 spiro atoms. The van der Waals surface area contributed by atoms with Crippen LogP contribution in [0.3, 0.4) is 0 Å². The van der Waals surface area contributed by atoms with Crippen molar-refractivity contribution in [1.82, 2.24) is 9.80 Å². The van der Waals surface area contributed by atoms with Gasteiger partial charge in [0.2, 0.25) is 5.91 Å². The van der Waals surface area contributed by atoms with E-state index in [-0.39, 0.29) is 18.2 Å². The van der Waals surface area contributed by atoms with Gasteiger partial charge in [0.05, 0.1) is 12.1 Å². The lowest BCUT2D eigenvalue weighted by atomic mass is 9.96. The number of benzene rings is 1. The fourth-order valence-electron chi connectivity index (χ4n) is 2.71. The Bertz CT molecular complexity index is 578. The maximum Gasteiger partial charge on any atom is 0.242 e. The molecule has 1 amide bonds. The molecule has 0 unspecified atom stereocenters.